The van der Waals surface area contributed by atoms with Crippen molar-refractivity contribution in [3.05, 3.63) is 11.3 Å². The van der Waals surface area contributed by atoms with Crippen LogP contribution in [0.4, 0.5) is 5.95 Å². The van der Waals surface area contributed by atoms with Crippen molar-refractivity contribution in [1.82, 2.24) is 9.97 Å². The molecular formula is C7H10ClN3O. The van der Waals surface area contributed by atoms with Crippen LogP contribution in [-0.2, 0) is 0 Å². The standard InChI is InChI=1S/C7H10ClN3O/c1-3-9-7-10-4-5(12-2)6(8)11-7/h4H,3H2,1-2H3,(H,9,10,11). The Kier molecular flexibility index (Phi) is 3.10. The predicted molar refractivity (Wildman–Crippen MR) is 47.8 cm³/mol. The lowest BCUT2D eigenvalue weighted by Gasteiger charge is -2.03. The molecule has 0 saturated heterocycles. The summed E-state index contributed by atoms with van der Waals surface area (Å²) in [6.45, 7) is 2.73. The average molecular weight is 188 g/mol. The number of nitrogens with one attached hydrogen (secondary N) is 1. The number of hydrogen-bond acceptors (Lipinski definition) is 4. The molecule has 0 atom stereocenters. The lowest BCUT2D eigenvalue weighted by atomic mass is 10.6. The molecule has 1 rings (SSSR count). The van der Waals surface area contributed by atoms with Crippen LogP contribution < -0.4 is 10.1 Å². The van der Waals surface area contributed by atoms with Gasteiger partial charge in [-0.3, -0.25) is 0 Å². The fraction of sp³-hybridized carbons (Fsp3) is 0.429. The van der Waals surface area contributed by atoms with Crippen molar-refractivity contribution >= 4 is 17.5 Å². The molecule has 4 nitrogen and oxygen atoms in total. The van der Waals surface area contributed by atoms with Gasteiger partial charge in [-0.15, -0.1) is 0 Å². The van der Waals surface area contributed by atoms with Crippen LogP contribution in [-0.4, -0.2) is 23.6 Å². The van der Waals surface area contributed by atoms with Gasteiger partial charge in [0.15, 0.2) is 10.9 Å². The first-order valence-electron chi connectivity index (χ1n) is 3.58. The van der Waals surface area contributed by atoms with E-state index in [4.69, 9.17) is 16.3 Å². The Morgan fingerprint density at radius 3 is 2.92 bits per heavy atom. The zero-order valence-corrected chi connectivity index (χ0v) is 7.72. The van der Waals surface area contributed by atoms with Crippen molar-refractivity contribution in [2.75, 3.05) is 19.0 Å². The average Bonchev–Trinajstić information content (AvgIpc) is 2.05. The number of anilines is 1. The third-order valence-electron chi connectivity index (χ3n) is 1.27. The quantitative estimate of drug-likeness (QED) is 0.730. The Hall–Kier alpha value is -1.03. The Balaban J connectivity index is 2.86. The van der Waals surface area contributed by atoms with Crippen molar-refractivity contribution in [1.29, 1.82) is 0 Å². The van der Waals surface area contributed by atoms with Crippen molar-refractivity contribution in [3.8, 4) is 5.75 Å². The van der Waals surface area contributed by atoms with Gasteiger partial charge >= 0.3 is 0 Å². The second-order valence-electron chi connectivity index (χ2n) is 2.08. The molecule has 0 fully saturated rings. The lowest BCUT2D eigenvalue weighted by molar-refractivity contribution is 0.411. The summed E-state index contributed by atoms with van der Waals surface area (Å²) in [5.41, 5.74) is 0. The number of aromatic nitrogens is 2. The van der Waals surface area contributed by atoms with E-state index in [1.165, 1.54) is 13.3 Å². The number of hydrogen-bond donors (Lipinski definition) is 1. The smallest absolute Gasteiger partial charge is 0.224 e. The van der Waals surface area contributed by atoms with E-state index in [0.29, 0.717) is 16.9 Å². The second kappa shape index (κ2) is 4.11. The maximum Gasteiger partial charge on any atom is 0.224 e. The minimum atomic E-state index is 0.323. The number of methoxy groups -OCH3 is 1. The third-order valence-corrected chi connectivity index (χ3v) is 1.54. The first-order chi connectivity index (χ1) is 5.77. The highest BCUT2D eigenvalue weighted by molar-refractivity contribution is 6.30. The van der Waals surface area contributed by atoms with Crippen LogP contribution >= 0.6 is 11.6 Å². The van der Waals surface area contributed by atoms with Crippen molar-refractivity contribution in [2.45, 2.75) is 6.92 Å². The van der Waals surface area contributed by atoms with Crippen LogP contribution in [0.3, 0.4) is 0 Å². The number of nitrogens with zero attached hydrogens (tertiary/aromatic N) is 2. The van der Waals surface area contributed by atoms with E-state index in [9.17, 15) is 0 Å². The van der Waals surface area contributed by atoms with Crippen molar-refractivity contribution < 1.29 is 4.74 Å². The Bertz CT molecular complexity index is 267. The molecular weight excluding hydrogens is 178 g/mol. The van der Waals surface area contributed by atoms with E-state index in [1.54, 1.807) is 0 Å². The summed E-state index contributed by atoms with van der Waals surface area (Å²) in [5, 5.41) is 3.26. The molecule has 0 saturated carbocycles. The normalized spacial score (nSPS) is 9.58. The number of halogens is 1. The Morgan fingerprint density at radius 2 is 2.42 bits per heavy atom. The molecule has 1 N–H and O–H groups in total. The zero-order valence-electron chi connectivity index (χ0n) is 6.97. The monoisotopic (exact) mass is 187 g/mol. The third kappa shape index (κ3) is 1.98. The van der Waals surface area contributed by atoms with Crippen LogP contribution in [0.15, 0.2) is 6.20 Å². The highest BCUT2D eigenvalue weighted by Crippen LogP contribution is 2.20. The van der Waals surface area contributed by atoms with Gasteiger partial charge in [-0.2, -0.15) is 4.98 Å². The van der Waals surface area contributed by atoms with Crippen LogP contribution in [0.25, 0.3) is 0 Å². The van der Waals surface area contributed by atoms with E-state index in [1.807, 2.05) is 6.92 Å². The minimum absolute atomic E-state index is 0.323. The van der Waals surface area contributed by atoms with Crippen LogP contribution in [0, 0.1) is 0 Å². The van der Waals surface area contributed by atoms with E-state index < -0.39 is 0 Å². The topological polar surface area (TPSA) is 47.0 Å². The summed E-state index contributed by atoms with van der Waals surface area (Å²) >= 11 is 5.75. The van der Waals surface area contributed by atoms with E-state index in [-0.39, 0.29) is 0 Å². The molecule has 1 aromatic rings. The maximum absolute atomic E-state index is 5.75. The highest BCUT2D eigenvalue weighted by Gasteiger charge is 2.02. The summed E-state index contributed by atoms with van der Waals surface area (Å²) < 4.78 is 4.89. The predicted octanol–water partition coefficient (Wildman–Crippen LogP) is 1.57. The number of rotatable bonds is 3. The molecule has 0 spiro atoms. The van der Waals surface area contributed by atoms with Crippen LogP contribution in [0.5, 0.6) is 5.75 Å². The molecule has 0 aromatic carbocycles. The number of ether oxygens (including phenoxy) is 1. The molecule has 0 unspecified atom stereocenters. The summed E-state index contributed by atoms with van der Waals surface area (Å²) in [6.07, 6.45) is 1.54. The highest BCUT2D eigenvalue weighted by atomic mass is 35.5. The molecule has 0 radical (unpaired) electrons. The van der Waals surface area contributed by atoms with Gasteiger partial charge in [0.25, 0.3) is 0 Å². The van der Waals surface area contributed by atoms with Gasteiger partial charge in [-0.05, 0) is 6.92 Å². The van der Waals surface area contributed by atoms with Crippen LogP contribution in [0.2, 0.25) is 5.15 Å². The molecule has 0 bridgehead atoms. The van der Waals surface area contributed by atoms with Gasteiger partial charge in [0.1, 0.15) is 0 Å². The summed E-state index contributed by atoms with van der Waals surface area (Å²) in [5.74, 6) is 1.00. The largest absolute Gasteiger partial charge is 0.492 e. The molecule has 66 valence electrons. The molecule has 5 heteroatoms. The summed E-state index contributed by atoms with van der Waals surface area (Å²) in [6, 6.07) is 0. The Morgan fingerprint density at radius 1 is 1.67 bits per heavy atom. The molecule has 0 aliphatic carbocycles. The molecule has 0 aliphatic rings. The summed E-state index contributed by atoms with van der Waals surface area (Å²) in [7, 11) is 1.53. The molecule has 1 aromatic heterocycles. The molecule has 0 amide bonds. The van der Waals surface area contributed by atoms with E-state index >= 15 is 0 Å². The minimum Gasteiger partial charge on any atom is -0.492 e. The maximum atomic E-state index is 5.75. The van der Waals surface area contributed by atoms with Gasteiger partial charge in [-0.1, -0.05) is 11.6 Å². The fourth-order valence-corrected chi connectivity index (χ4v) is 0.936. The van der Waals surface area contributed by atoms with E-state index in [2.05, 4.69) is 15.3 Å². The first kappa shape index (κ1) is 9.06. The lowest BCUT2D eigenvalue weighted by Crippen LogP contribution is -2.02. The van der Waals surface area contributed by atoms with Gasteiger partial charge in [0.05, 0.1) is 13.3 Å². The molecule has 12 heavy (non-hydrogen) atoms. The summed E-state index contributed by atoms with van der Waals surface area (Å²) in [4.78, 5) is 7.92. The van der Waals surface area contributed by atoms with Gasteiger partial charge < -0.3 is 10.1 Å². The Labute approximate surface area is 75.9 Å². The van der Waals surface area contributed by atoms with Crippen molar-refractivity contribution in [2.24, 2.45) is 0 Å². The van der Waals surface area contributed by atoms with Gasteiger partial charge in [0, 0.05) is 6.54 Å². The van der Waals surface area contributed by atoms with Crippen LogP contribution in [0.1, 0.15) is 6.92 Å². The second-order valence-corrected chi connectivity index (χ2v) is 2.44. The van der Waals surface area contributed by atoms with Gasteiger partial charge in [-0.25, -0.2) is 4.98 Å². The van der Waals surface area contributed by atoms with Crippen molar-refractivity contribution in [3.63, 3.8) is 0 Å². The fourth-order valence-electron chi connectivity index (χ4n) is 0.730. The van der Waals surface area contributed by atoms with E-state index in [0.717, 1.165) is 6.54 Å². The first-order valence-corrected chi connectivity index (χ1v) is 3.96. The van der Waals surface area contributed by atoms with Gasteiger partial charge in [0.2, 0.25) is 5.95 Å². The SMILES string of the molecule is CCNc1ncc(OC)c(Cl)n1. The molecule has 1 heterocycles. The zero-order chi connectivity index (χ0) is 8.97. The molecule has 0 aliphatic heterocycles.